The van der Waals surface area contributed by atoms with Crippen LogP contribution in [-0.2, 0) is 4.79 Å². The van der Waals surface area contributed by atoms with Gasteiger partial charge in [0.25, 0.3) is 6.43 Å². The summed E-state index contributed by atoms with van der Waals surface area (Å²) in [4.78, 5) is 12.7. The summed E-state index contributed by atoms with van der Waals surface area (Å²) in [6.45, 7) is 0.778. The number of halogens is 4. The van der Waals surface area contributed by atoms with Crippen molar-refractivity contribution >= 4 is 5.91 Å². The van der Waals surface area contributed by atoms with Gasteiger partial charge in [-0.1, -0.05) is 6.07 Å². The molecule has 1 aliphatic heterocycles. The molecule has 0 radical (unpaired) electrons. The third-order valence-electron chi connectivity index (χ3n) is 2.97. The summed E-state index contributed by atoms with van der Waals surface area (Å²) in [6.07, 6.45) is -3.56. The van der Waals surface area contributed by atoms with E-state index in [1.165, 1.54) is 13.0 Å². The van der Waals surface area contributed by atoms with Crippen LogP contribution >= 0.6 is 0 Å². The summed E-state index contributed by atoms with van der Waals surface area (Å²) in [7, 11) is 0. The van der Waals surface area contributed by atoms with E-state index in [0.29, 0.717) is 0 Å². The van der Waals surface area contributed by atoms with Crippen molar-refractivity contribution in [1.29, 1.82) is 0 Å². The van der Waals surface area contributed by atoms with Gasteiger partial charge in [0.15, 0.2) is 11.6 Å². The van der Waals surface area contributed by atoms with E-state index in [9.17, 15) is 22.4 Å². The molecule has 0 aliphatic carbocycles. The molecule has 1 heterocycles. The highest BCUT2D eigenvalue weighted by atomic mass is 19.3. The molecule has 104 valence electrons. The minimum absolute atomic E-state index is 0.234. The van der Waals surface area contributed by atoms with Gasteiger partial charge in [-0.25, -0.2) is 17.6 Å². The Bertz CT molecular complexity index is 495. The number of carbonyl (C=O) groups is 1. The lowest BCUT2D eigenvalue weighted by atomic mass is 10.1. The molecule has 2 atom stereocenters. The third kappa shape index (κ3) is 2.70. The molecule has 3 nitrogen and oxygen atoms in total. The Labute approximate surface area is 107 Å². The van der Waals surface area contributed by atoms with Gasteiger partial charge in [-0.05, 0) is 24.6 Å². The largest absolute Gasteiger partial charge is 0.316 e. The topological polar surface area (TPSA) is 32.3 Å². The number of rotatable bonds is 3. The van der Waals surface area contributed by atoms with Gasteiger partial charge in [0, 0.05) is 0 Å². The predicted molar refractivity (Wildman–Crippen MR) is 59.4 cm³/mol. The first kappa shape index (κ1) is 13.8. The molecular weight excluding hydrogens is 264 g/mol. The highest BCUT2D eigenvalue weighted by Crippen LogP contribution is 2.27. The Morgan fingerprint density at radius 2 is 2.00 bits per heavy atom. The van der Waals surface area contributed by atoms with Crippen LogP contribution in [0, 0.1) is 11.6 Å². The van der Waals surface area contributed by atoms with Crippen molar-refractivity contribution in [2.24, 2.45) is 0 Å². The number of benzene rings is 1. The molecule has 0 aromatic heterocycles. The second kappa shape index (κ2) is 5.16. The van der Waals surface area contributed by atoms with E-state index in [2.05, 4.69) is 5.32 Å². The molecule has 1 saturated heterocycles. The highest BCUT2D eigenvalue weighted by Gasteiger charge is 2.38. The van der Waals surface area contributed by atoms with Crippen LogP contribution in [0.3, 0.4) is 0 Å². The average molecular weight is 276 g/mol. The number of hydrogen-bond acceptors (Lipinski definition) is 2. The third-order valence-corrected chi connectivity index (χ3v) is 2.97. The monoisotopic (exact) mass is 276 g/mol. The Morgan fingerprint density at radius 3 is 2.58 bits per heavy atom. The summed E-state index contributed by atoms with van der Waals surface area (Å²) in [5.41, 5.74) is 0.234. The second-order valence-electron chi connectivity index (χ2n) is 4.35. The molecule has 1 aliphatic rings. The summed E-state index contributed by atoms with van der Waals surface area (Å²) >= 11 is 0. The highest BCUT2D eigenvalue weighted by molar-refractivity contribution is 5.84. The van der Waals surface area contributed by atoms with E-state index in [1.807, 2.05) is 0 Å². The number of nitrogens with one attached hydrogen (secondary N) is 1. The summed E-state index contributed by atoms with van der Waals surface area (Å²) < 4.78 is 50.9. The lowest BCUT2D eigenvalue weighted by molar-refractivity contribution is -0.131. The molecule has 0 saturated carbocycles. The SMILES string of the molecule is CC1NC(c2ccc(F)c(F)c2)N(CC(F)F)C1=O. The Hall–Kier alpha value is -1.63. The molecule has 2 unspecified atom stereocenters. The van der Waals surface area contributed by atoms with Crippen molar-refractivity contribution in [2.75, 3.05) is 6.54 Å². The molecule has 1 fully saturated rings. The number of amides is 1. The van der Waals surface area contributed by atoms with E-state index in [0.717, 1.165) is 17.0 Å². The Kier molecular flexibility index (Phi) is 3.75. The van der Waals surface area contributed by atoms with Crippen molar-refractivity contribution in [2.45, 2.75) is 25.6 Å². The molecule has 7 heteroatoms. The minimum Gasteiger partial charge on any atom is -0.316 e. The molecule has 19 heavy (non-hydrogen) atoms. The van der Waals surface area contributed by atoms with Crippen molar-refractivity contribution in [1.82, 2.24) is 10.2 Å². The lowest BCUT2D eigenvalue weighted by Crippen LogP contribution is -2.34. The van der Waals surface area contributed by atoms with E-state index < -0.39 is 42.7 Å². The molecule has 1 aromatic carbocycles. The number of alkyl halides is 2. The molecular formula is C12H12F4N2O. The first-order valence-corrected chi connectivity index (χ1v) is 5.69. The lowest BCUT2D eigenvalue weighted by Gasteiger charge is -2.24. The molecule has 1 aromatic rings. The van der Waals surface area contributed by atoms with Crippen molar-refractivity contribution in [3.05, 3.63) is 35.4 Å². The van der Waals surface area contributed by atoms with Gasteiger partial charge >= 0.3 is 0 Å². The minimum atomic E-state index is -2.69. The van der Waals surface area contributed by atoms with Crippen molar-refractivity contribution in [3.8, 4) is 0 Å². The Morgan fingerprint density at radius 1 is 1.32 bits per heavy atom. The molecule has 0 spiro atoms. The second-order valence-corrected chi connectivity index (χ2v) is 4.35. The van der Waals surface area contributed by atoms with Gasteiger partial charge in [-0.3, -0.25) is 10.1 Å². The van der Waals surface area contributed by atoms with Gasteiger partial charge in [0.05, 0.1) is 12.6 Å². The average Bonchev–Trinajstić information content (AvgIpc) is 2.60. The first-order chi connectivity index (χ1) is 8.90. The van der Waals surface area contributed by atoms with Crippen LogP contribution in [-0.4, -0.2) is 29.8 Å². The van der Waals surface area contributed by atoms with Crippen LogP contribution in [0.15, 0.2) is 18.2 Å². The van der Waals surface area contributed by atoms with Crippen molar-refractivity contribution < 1.29 is 22.4 Å². The fraction of sp³-hybridized carbons (Fsp3) is 0.417. The molecule has 1 N–H and O–H groups in total. The zero-order valence-electron chi connectivity index (χ0n) is 10.0. The Balaban J connectivity index is 2.30. The van der Waals surface area contributed by atoms with E-state index in [1.54, 1.807) is 0 Å². The molecule has 2 rings (SSSR count). The van der Waals surface area contributed by atoms with E-state index in [4.69, 9.17) is 0 Å². The fourth-order valence-electron chi connectivity index (χ4n) is 2.08. The van der Waals surface area contributed by atoms with Crippen molar-refractivity contribution in [3.63, 3.8) is 0 Å². The van der Waals surface area contributed by atoms with Gasteiger partial charge in [0.1, 0.15) is 6.17 Å². The summed E-state index contributed by atoms with van der Waals surface area (Å²) in [5.74, 6) is -2.60. The zero-order valence-corrected chi connectivity index (χ0v) is 10.0. The maximum Gasteiger partial charge on any atom is 0.255 e. The van der Waals surface area contributed by atoms with Crippen LogP contribution in [0.25, 0.3) is 0 Å². The van der Waals surface area contributed by atoms with Gasteiger partial charge < -0.3 is 4.90 Å². The first-order valence-electron chi connectivity index (χ1n) is 5.69. The van der Waals surface area contributed by atoms with Crippen LogP contribution in [0.5, 0.6) is 0 Å². The zero-order chi connectivity index (χ0) is 14.2. The van der Waals surface area contributed by atoms with Gasteiger partial charge in [0.2, 0.25) is 5.91 Å². The standard InChI is InChI=1S/C12H12F4N2O/c1-6-12(19)18(5-10(15)16)11(17-6)7-2-3-8(13)9(14)4-7/h2-4,6,10-11,17H,5H2,1H3. The molecule has 0 bridgehead atoms. The van der Waals surface area contributed by atoms with E-state index >= 15 is 0 Å². The quantitative estimate of drug-likeness (QED) is 0.857. The summed E-state index contributed by atoms with van der Waals surface area (Å²) in [5, 5.41) is 2.78. The fourth-order valence-corrected chi connectivity index (χ4v) is 2.08. The normalized spacial score (nSPS) is 23.5. The van der Waals surface area contributed by atoms with E-state index in [-0.39, 0.29) is 5.56 Å². The molecule has 1 amide bonds. The van der Waals surface area contributed by atoms with Crippen LogP contribution in [0.4, 0.5) is 17.6 Å². The maximum atomic E-state index is 13.2. The van der Waals surface area contributed by atoms with Gasteiger partial charge in [-0.15, -0.1) is 0 Å². The maximum absolute atomic E-state index is 13.2. The number of hydrogen-bond donors (Lipinski definition) is 1. The summed E-state index contributed by atoms with van der Waals surface area (Å²) in [6, 6.07) is 2.42. The van der Waals surface area contributed by atoms with Crippen LogP contribution in [0.2, 0.25) is 0 Å². The van der Waals surface area contributed by atoms with Crippen LogP contribution < -0.4 is 5.32 Å². The smallest absolute Gasteiger partial charge is 0.255 e. The van der Waals surface area contributed by atoms with Gasteiger partial charge in [-0.2, -0.15) is 0 Å². The number of nitrogens with zero attached hydrogens (tertiary/aromatic N) is 1. The predicted octanol–water partition coefficient (Wildman–Crippen LogP) is 2.05. The van der Waals surface area contributed by atoms with Crippen LogP contribution in [0.1, 0.15) is 18.7 Å². The number of carbonyl (C=O) groups excluding carboxylic acids is 1.